The van der Waals surface area contributed by atoms with Gasteiger partial charge in [0.2, 0.25) is 5.91 Å². The number of rotatable bonds is 6. The van der Waals surface area contributed by atoms with Gasteiger partial charge in [0.05, 0.1) is 5.25 Å². The Bertz CT molecular complexity index is 885. The molecule has 1 heterocycles. The lowest BCUT2D eigenvalue weighted by Gasteiger charge is -2.09. The Hall–Kier alpha value is -3.06. The number of carbonyl (C=O) groups excluding carboxylic acids is 2. The van der Waals surface area contributed by atoms with E-state index in [9.17, 15) is 9.59 Å². The quantitative estimate of drug-likeness (QED) is 0.607. The first kappa shape index (κ1) is 19.7. The van der Waals surface area contributed by atoms with E-state index in [0.717, 1.165) is 11.1 Å². The summed E-state index contributed by atoms with van der Waals surface area (Å²) < 4.78 is 6.00. The minimum Gasteiger partial charge on any atom is -0.431 e. The molecule has 3 rings (SSSR count). The summed E-state index contributed by atoms with van der Waals surface area (Å²) in [6, 6.07) is 18.9. The van der Waals surface area contributed by atoms with Crippen molar-refractivity contribution in [3.63, 3.8) is 0 Å². The molecule has 0 bridgehead atoms. The average Bonchev–Trinajstić information content (AvgIpc) is 3.13. The van der Waals surface area contributed by atoms with Crippen LogP contribution in [0.15, 0.2) is 70.3 Å². The van der Waals surface area contributed by atoms with Gasteiger partial charge >= 0.3 is 6.03 Å². The zero-order chi connectivity index (χ0) is 19.9. The zero-order valence-corrected chi connectivity index (χ0v) is 16.5. The van der Waals surface area contributed by atoms with E-state index in [1.807, 2.05) is 60.7 Å². The number of amides is 3. The third-order valence-electron chi connectivity index (χ3n) is 3.91. The highest BCUT2D eigenvalue weighted by atomic mass is 32.2. The SMILES string of the molecule is CCNC(=O)NC(=O)[C@H](C)Sc1nc(-c2ccccc2)c(-c2ccccc2)o1. The second kappa shape index (κ2) is 9.23. The van der Waals surface area contributed by atoms with Gasteiger partial charge in [-0.25, -0.2) is 9.78 Å². The smallest absolute Gasteiger partial charge is 0.321 e. The molecule has 0 aliphatic carbocycles. The molecule has 3 amide bonds. The fraction of sp³-hybridized carbons (Fsp3) is 0.190. The predicted octanol–water partition coefficient (Wildman–Crippen LogP) is 4.33. The zero-order valence-electron chi connectivity index (χ0n) is 15.6. The van der Waals surface area contributed by atoms with Gasteiger partial charge in [0.15, 0.2) is 5.76 Å². The summed E-state index contributed by atoms with van der Waals surface area (Å²) in [5.41, 5.74) is 2.54. The number of aromatic nitrogens is 1. The highest BCUT2D eigenvalue weighted by Gasteiger charge is 2.22. The molecule has 7 heteroatoms. The number of benzene rings is 2. The summed E-state index contributed by atoms with van der Waals surface area (Å²) >= 11 is 1.17. The molecule has 6 nitrogen and oxygen atoms in total. The van der Waals surface area contributed by atoms with Gasteiger partial charge in [0, 0.05) is 17.7 Å². The number of oxazole rings is 1. The van der Waals surface area contributed by atoms with Crippen LogP contribution in [0.4, 0.5) is 4.79 Å². The lowest BCUT2D eigenvalue weighted by Crippen LogP contribution is -2.42. The predicted molar refractivity (Wildman–Crippen MR) is 110 cm³/mol. The van der Waals surface area contributed by atoms with Gasteiger partial charge in [-0.3, -0.25) is 10.1 Å². The number of hydrogen-bond donors (Lipinski definition) is 2. The van der Waals surface area contributed by atoms with Crippen LogP contribution >= 0.6 is 11.8 Å². The van der Waals surface area contributed by atoms with Crippen LogP contribution < -0.4 is 10.6 Å². The second-order valence-electron chi connectivity index (χ2n) is 6.00. The van der Waals surface area contributed by atoms with Gasteiger partial charge in [0.1, 0.15) is 5.69 Å². The van der Waals surface area contributed by atoms with Crippen molar-refractivity contribution in [2.75, 3.05) is 6.54 Å². The molecule has 0 aliphatic heterocycles. The largest absolute Gasteiger partial charge is 0.431 e. The van der Waals surface area contributed by atoms with Crippen LogP contribution in [0.5, 0.6) is 0 Å². The fourth-order valence-corrected chi connectivity index (χ4v) is 3.29. The molecule has 0 aliphatic rings. The monoisotopic (exact) mass is 395 g/mol. The lowest BCUT2D eigenvalue weighted by molar-refractivity contribution is -0.119. The van der Waals surface area contributed by atoms with Gasteiger partial charge < -0.3 is 9.73 Å². The van der Waals surface area contributed by atoms with Crippen molar-refractivity contribution in [2.45, 2.75) is 24.3 Å². The summed E-state index contributed by atoms with van der Waals surface area (Å²) in [4.78, 5) is 28.4. The van der Waals surface area contributed by atoms with Crippen LogP contribution in [0.2, 0.25) is 0 Å². The summed E-state index contributed by atoms with van der Waals surface area (Å²) in [5, 5.41) is 4.66. The van der Waals surface area contributed by atoms with Gasteiger partial charge in [-0.15, -0.1) is 0 Å². The van der Waals surface area contributed by atoms with Crippen molar-refractivity contribution in [1.29, 1.82) is 0 Å². The van der Waals surface area contributed by atoms with Crippen LogP contribution in [0.3, 0.4) is 0 Å². The maximum Gasteiger partial charge on any atom is 0.321 e. The summed E-state index contributed by atoms with van der Waals surface area (Å²) in [6.45, 7) is 3.93. The van der Waals surface area contributed by atoms with Crippen LogP contribution in [-0.2, 0) is 4.79 Å². The molecule has 1 atom stereocenters. The average molecular weight is 395 g/mol. The van der Waals surface area contributed by atoms with Gasteiger partial charge in [-0.2, -0.15) is 0 Å². The first-order valence-electron chi connectivity index (χ1n) is 8.95. The number of nitrogens with zero attached hydrogens (tertiary/aromatic N) is 1. The molecule has 0 spiro atoms. The third kappa shape index (κ3) is 4.80. The van der Waals surface area contributed by atoms with E-state index in [-0.39, 0.29) is 0 Å². The van der Waals surface area contributed by atoms with Crippen LogP contribution in [0, 0.1) is 0 Å². The van der Waals surface area contributed by atoms with Gasteiger partial charge in [-0.1, -0.05) is 72.4 Å². The summed E-state index contributed by atoms with van der Waals surface area (Å²) in [5.74, 6) is 0.238. The van der Waals surface area contributed by atoms with Crippen LogP contribution in [-0.4, -0.2) is 28.7 Å². The van der Waals surface area contributed by atoms with E-state index in [2.05, 4.69) is 15.6 Å². The van der Waals surface area contributed by atoms with Crippen molar-refractivity contribution >= 4 is 23.7 Å². The Balaban J connectivity index is 1.85. The van der Waals surface area contributed by atoms with E-state index in [4.69, 9.17) is 4.42 Å². The molecule has 0 saturated carbocycles. The Morgan fingerprint density at radius 3 is 2.25 bits per heavy atom. The Morgan fingerprint density at radius 1 is 1.04 bits per heavy atom. The number of hydrogen-bond acceptors (Lipinski definition) is 5. The Morgan fingerprint density at radius 2 is 1.64 bits per heavy atom. The molecule has 0 unspecified atom stereocenters. The topological polar surface area (TPSA) is 84.2 Å². The molecule has 0 fully saturated rings. The minimum atomic E-state index is -0.548. The first-order valence-corrected chi connectivity index (χ1v) is 9.83. The highest BCUT2D eigenvalue weighted by molar-refractivity contribution is 8.00. The Labute approximate surface area is 167 Å². The molecular weight excluding hydrogens is 374 g/mol. The number of nitrogens with one attached hydrogen (secondary N) is 2. The molecule has 2 aromatic carbocycles. The molecule has 2 N–H and O–H groups in total. The number of thioether (sulfide) groups is 1. The minimum absolute atomic E-state index is 0.372. The second-order valence-corrected chi connectivity index (χ2v) is 7.29. The third-order valence-corrected chi connectivity index (χ3v) is 4.86. The highest BCUT2D eigenvalue weighted by Crippen LogP contribution is 2.36. The standard InChI is InChI=1S/C21H21N3O3S/c1-3-22-20(26)24-19(25)14(2)28-21-23-17(15-10-6-4-7-11-15)18(27-21)16-12-8-5-9-13-16/h4-14H,3H2,1-2H3,(H2,22,24,25,26)/t14-/m0/s1. The normalized spacial score (nSPS) is 11.6. The van der Waals surface area contributed by atoms with E-state index in [1.165, 1.54) is 11.8 Å². The number of imide groups is 1. The number of urea groups is 1. The first-order chi connectivity index (χ1) is 13.6. The fourth-order valence-electron chi connectivity index (χ4n) is 2.55. The molecule has 3 aromatic rings. The van der Waals surface area contributed by atoms with Crippen molar-refractivity contribution in [1.82, 2.24) is 15.6 Å². The Kier molecular flexibility index (Phi) is 6.49. The van der Waals surface area contributed by atoms with Crippen molar-refractivity contribution in [3.8, 4) is 22.6 Å². The number of carbonyl (C=O) groups is 2. The molecular formula is C21H21N3O3S. The summed E-state index contributed by atoms with van der Waals surface area (Å²) in [7, 11) is 0. The van der Waals surface area contributed by atoms with E-state index < -0.39 is 17.2 Å². The van der Waals surface area contributed by atoms with Gasteiger partial charge in [0.25, 0.3) is 5.22 Å². The maximum absolute atomic E-state index is 12.2. The molecule has 0 radical (unpaired) electrons. The molecule has 28 heavy (non-hydrogen) atoms. The van der Waals surface area contributed by atoms with Crippen LogP contribution in [0.25, 0.3) is 22.6 Å². The molecule has 144 valence electrons. The van der Waals surface area contributed by atoms with Crippen molar-refractivity contribution in [2.24, 2.45) is 0 Å². The van der Waals surface area contributed by atoms with E-state index in [0.29, 0.717) is 23.2 Å². The maximum atomic E-state index is 12.2. The molecule has 1 aromatic heterocycles. The van der Waals surface area contributed by atoms with Crippen molar-refractivity contribution in [3.05, 3.63) is 60.7 Å². The summed E-state index contributed by atoms with van der Waals surface area (Å²) in [6.07, 6.45) is 0. The van der Waals surface area contributed by atoms with E-state index >= 15 is 0 Å². The lowest BCUT2D eigenvalue weighted by atomic mass is 10.1. The van der Waals surface area contributed by atoms with Crippen molar-refractivity contribution < 1.29 is 14.0 Å². The molecule has 0 saturated heterocycles. The van der Waals surface area contributed by atoms with E-state index in [1.54, 1.807) is 13.8 Å². The van der Waals surface area contributed by atoms with Crippen LogP contribution in [0.1, 0.15) is 13.8 Å². The van der Waals surface area contributed by atoms with Gasteiger partial charge in [-0.05, 0) is 13.8 Å².